The Morgan fingerprint density at radius 3 is 2.67 bits per heavy atom. The average molecular weight is 249 g/mol. The molecule has 82 valence electrons. The Labute approximate surface area is 92.2 Å². The third-order valence-electron chi connectivity index (χ3n) is 2.29. The average Bonchev–Trinajstić information content (AvgIpc) is 2.61. The molecule has 1 aromatic rings. The molecule has 0 fully saturated rings. The molecule has 0 N–H and O–H groups in total. The summed E-state index contributed by atoms with van der Waals surface area (Å²) in [7, 11) is 1.67. The molecule has 1 heterocycles. The van der Waals surface area contributed by atoms with Crippen molar-refractivity contribution in [1.29, 1.82) is 0 Å². The van der Waals surface area contributed by atoms with Gasteiger partial charge in [-0.3, -0.25) is 0 Å². The molecule has 1 unspecified atom stereocenters. The number of halogens is 1. The molecule has 0 radical (unpaired) electrons. The summed E-state index contributed by atoms with van der Waals surface area (Å²) in [6, 6.07) is 4.97. The van der Waals surface area contributed by atoms with Crippen molar-refractivity contribution in [3.63, 3.8) is 0 Å². The minimum atomic E-state index is -3.60. The summed E-state index contributed by atoms with van der Waals surface area (Å²) in [5.41, 5.74) is 0.592. The summed E-state index contributed by atoms with van der Waals surface area (Å²) < 4.78 is 32.5. The minimum Gasteiger partial charge on any atom is -0.454 e. The number of ether oxygens (including phenoxy) is 2. The molecule has 0 aliphatic carbocycles. The normalized spacial score (nSPS) is 16.4. The van der Waals surface area contributed by atoms with E-state index >= 15 is 0 Å². The SMILES string of the molecule is CC(c1ccc2c(c1)OCO2)S(=O)(=O)Cl. The standard InChI is InChI=1S/C9H9ClO4S/c1-6(15(10,11)12)7-2-3-8-9(4-7)14-5-13-8/h2-4,6H,5H2,1H3. The summed E-state index contributed by atoms with van der Waals surface area (Å²) in [6.07, 6.45) is 0. The van der Waals surface area contributed by atoms with Crippen molar-refractivity contribution in [3.8, 4) is 11.5 Å². The van der Waals surface area contributed by atoms with Gasteiger partial charge in [-0.1, -0.05) is 6.07 Å². The van der Waals surface area contributed by atoms with Crippen LogP contribution in [0.3, 0.4) is 0 Å². The molecule has 1 aromatic carbocycles. The lowest BCUT2D eigenvalue weighted by molar-refractivity contribution is 0.174. The van der Waals surface area contributed by atoms with Gasteiger partial charge in [0.1, 0.15) is 0 Å². The largest absolute Gasteiger partial charge is 0.454 e. The van der Waals surface area contributed by atoms with Gasteiger partial charge < -0.3 is 9.47 Å². The maximum atomic E-state index is 11.1. The van der Waals surface area contributed by atoms with Crippen LogP contribution in [0, 0.1) is 0 Å². The summed E-state index contributed by atoms with van der Waals surface area (Å²) in [5.74, 6) is 1.18. The molecule has 1 aliphatic rings. The fourth-order valence-electron chi connectivity index (χ4n) is 1.33. The van der Waals surface area contributed by atoms with Crippen molar-refractivity contribution >= 4 is 19.7 Å². The monoisotopic (exact) mass is 248 g/mol. The van der Waals surface area contributed by atoms with Crippen LogP contribution in [-0.2, 0) is 9.05 Å². The molecular weight excluding hydrogens is 240 g/mol. The quantitative estimate of drug-likeness (QED) is 0.752. The van der Waals surface area contributed by atoms with Crippen LogP contribution in [0.2, 0.25) is 0 Å². The fraction of sp³-hybridized carbons (Fsp3) is 0.333. The van der Waals surface area contributed by atoms with E-state index in [4.69, 9.17) is 20.2 Å². The summed E-state index contributed by atoms with van der Waals surface area (Å²) in [4.78, 5) is 0. The maximum absolute atomic E-state index is 11.1. The third-order valence-corrected chi connectivity index (χ3v) is 4.21. The smallest absolute Gasteiger partial charge is 0.239 e. The maximum Gasteiger partial charge on any atom is 0.239 e. The molecule has 0 bridgehead atoms. The van der Waals surface area contributed by atoms with Crippen molar-refractivity contribution in [2.45, 2.75) is 12.2 Å². The van der Waals surface area contributed by atoms with Crippen LogP contribution in [0.4, 0.5) is 0 Å². The molecular formula is C9H9ClO4S. The van der Waals surface area contributed by atoms with E-state index < -0.39 is 14.3 Å². The second kappa shape index (κ2) is 3.57. The second-order valence-electron chi connectivity index (χ2n) is 3.23. The summed E-state index contributed by atoms with van der Waals surface area (Å²) in [5, 5.41) is -0.756. The Hall–Kier alpha value is -0.940. The van der Waals surface area contributed by atoms with Gasteiger partial charge in [-0.05, 0) is 24.6 Å². The highest BCUT2D eigenvalue weighted by molar-refractivity contribution is 8.13. The van der Waals surface area contributed by atoms with E-state index in [1.165, 1.54) is 6.92 Å². The van der Waals surface area contributed by atoms with Gasteiger partial charge in [-0.25, -0.2) is 8.42 Å². The molecule has 0 saturated carbocycles. The number of fused-ring (bicyclic) bond motifs is 1. The Balaban J connectivity index is 2.39. The number of benzene rings is 1. The van der Waals surface area contributed by atoms with E-state index in [0.717, 1.165) is 0 Å². The lowest BCUT2D eigenvalue weighted by Crippen LogP contribution is -2.02. The molecule has 0 spiro atoms. The Kier molecular flexibility index (Phi) is 2.52. The molecule has 6 heteroatoms. The van der Waals surface area contributed by atoms with Crippen molar-refractivity contribution < 1.29 is 17.9 Å². The van der Waals surface area contributed by atoms with Gasteiger partial charge in [-0.2, -0.15) is 0 Å². The van der Waals surface area contributed by atoms with Gasteiger partial charge in [0, 0.05) is 10.7 Å². The molecule has 15 heavy (non-hydrogen) atoms. The first-order valence-corrected chi connectivity index (χ1v) is 6.69. The van der Waals surface area contributed by atoms with Gasteiger partial charge in [0.2, 0.25) is 15.8 Å². The lowest BCUT2D eigenvalue weighted by atomic mass is 10.1. The van der Waals surface area contributed by atoms with E-state index in [-0.39, 0.29) is 6.79 Å². The van der Waals surface area contributed by atoms with Gasteiger partial charge >= 0.3 is 0 Å². The molecule has 0 aromatic heterocycles. The third kappa shape index (κ3) is 2.03. The summed E-state index contributed by atoms with van der Waals surface area (Å²) in [6.45, 7) is 1.70. The first kappa shape index (κ1) is 10.6. The van der Waals surface area contributed by atoms with Crippen LogP contribution in [0.5, 0.6) is 11.5 Å². The zero-order valence-corrected chi connectivity index (χ0v) is 9.51. The fourth-order valence-corrected chi connectivity index (χ4v) is 2.11. The van der Waals surface area contributed by atoms with E-state index in [1.54, 1.807) is 18.2 Å². The first-order valence-electron chi connectivity index (χ1n) is 4.31. The molecule has 1 atom stereocenters. The van der Waals surface area contributed by atoms with Crippen LogP contribution in [0.1, 0.15) is 17.7 Å². The highest BCUT2D eigenvalue weighted by Gasteiger charge is 2.22. The van der Waals surface area contributed by atoms with E-state index in [9.17, 15) is 8.42 Å². The molecule has 2 rings (SSSR count). The molecule has 4 nitrogen and oxygen atoms in total. The Morgan fingerprint density at radius 1 is 1.33 bits per heavy atom. The van der Waals surface area contributed by atoms with Crippen molar-refractivity contribution in [1.82, 2.24) is 0 Å². The zero-order chi connectivity index (χ0) is 11.1. The van der Waals surface area contributed by atoms with Crippen molar-refractivity contribution in [2.75, 3.05) is 6.79 Å². The van der Waals surface area contributed by atoms with E-state index in [1.807, 2.05) is 0 Å². The van der Waals surface area contributed by atoms with E-state index in [2.05, 4.69) is 0 Å². The minimum absolute atomic E-state index is 0.167. The highest BCUT2D eigenvalue weighted by atomic mass is 35.7. The van der Waals surface area contributed by atoms with Gasteiger partial charge in [-0.15, -0.1) is 0 Å². The van der Waals surface area contributed by atoms with Gasteiger partial charge in [0.05, 0.1) is 5.25 Å². The van der Waals surface area contributed by atoms with Gasteiger partial charge in [0.25, 0.3) is 0 Å². The van der Waals surface area contributed by atoms with Crippen molar-refractivity contribution in [3.05, 3.63) is 23.8 Å². The summed E-state index contributed by atoms with van der Waals surface area (Å²) >= 11 is 0. The van der Waals surface area contributed by atoms with Crippen LogP contribution in [-0.4, -0.2) is 15.2 Å². The number of hydrogen-bond acceptors (Lipinski definition) is 4. The first-order chi connectivity index (χ1) is 6.98. The van der Waals surface area contributed by atoms with Crippen LogP contribution in [0.15, 0.2) is 18.2 Å². The number of hydrogen-bond donors (Lipinski definition) is 0. The Bertz CT molecular complexity index is 483. The van der Waals surface area contributed by atoms with Gasteiger partial charge in [0.15, 0.2) is 11.5 Å². The van der Waals surface area contributed by atoms with Crippen molar-refractivity contribution in [2.24, 2.45) is 0 Å². The van der Waals surface area contributed by atoms with Crippen LogP contribution >= 0.6 is 10.7 Å². The predicted molar refractivity (Wildman–Crippen MR) is 55.8 cm³/mol. The highest BCUT2D eigenvalue weighted by Crippen LogP contribution is 2.36. The number of rotatable bonds is 2. The molecule has 0 saturated heterocycles. The van der Waals surface area contributed by atoms with E-state index in [0.29, 0.717) is 17.1 Å². The topological polar surface area (TPSA) is 52.6 Å². The second-order valence-corrected chi connectivity index (χ2v) is 6.18. The molecule has 0 amide bonds. The Morgan fingerprint density at radius 2 is 2.00 bits per heavy atom. The predicted octanol–water partition coefficient (Wildman–Crippen LogP) is 2.04. The van der Waals surface area contributed by atoms with Crippen LogP contribution in [0.25, 0.3) is 0 Å². The lowest BCUT2D eigenvalue weighted by Gasteiger charge is -2.08. The zero-order valence-electron chi connectivity index (χ0n) is 7.94. The molecule has 1 aliphatic heterocycles. The van der Waals surface area contributed by atoms with Crippen LogP contribution < -0.4 is 9.47 Å².